The molecule has 0 saturated heterocycles. The molecule has 0 saturated carbocycles. The number of thiophene rings is 8. The lowest BCUT2D eigenvalue weighted by molar-refractivity contribution is 0.747. The molecular formula is C96H144S16. The van der Waals surface area contributed by atoms with Crippen LogP contribution < -0.4 is 0 Å². The summed E-state index contributed by atoms with van der Waals surface area (Å²) in [5, 5.41) is 0. The Labute approximate surface area is 751 Å². The first-order valence-electron chi connectivity index (χ1n) is 45.5. The maximum Gasteiger partial charge on any atom is 0.0701 e. The van der Waals surface area contributed by atoms with E-state index in [1.807, 2.05) is 0 Å². The second-order valence-corrected chi connectivity index (χ2v) is 52.0. The molecule has 0 radical (unpaired) electrons. The van der Waals surface area contributed by atoms with E-state index >= 15 is 0 Å². The molecule has 16 heteroatoms. The van der Waals surface area contributed by atoms with Gasteiger partial charge in [0.25, 0.3) is 0 Å². The second kappa shape index (κ2) is 52.8. The molecule has 1 aliphatic rings. The van der Waals surface area contributed by atoms with Crippen LogP contribution >= 0.6 is 185 Å². The van der Waals surface area contributed by atoms with Crippen LogP contribution in [0.15, 0.2) is 67.3 Å². The van der Waals surface area contributed by atoms with Gasteiger partial charge in [0, 0.05) is 0 Å². The summed E-state index contributed by atoms with van der Waals surface area (Å²) in [4.78, 5) is 0. The van der Waals surface area contributed by atoms with Gasteiger partial charge in [-0.25, -0.2) is 0 Å². The zero-order valence-electron chi connectivity index (χ0n) is 72.5. The molecule has 1 aliphatic heterocycles. The van der Waals surface area contributed by atoms with E-state index in [1.54, 1.807) is 156 Å². The molecule has 0 fully saturated rings. The van der Waals surface area contributed by atoms with Crippen molar-refractivity contribution < 1.29 is 0 Å². The third kappa shape index (κ3) is 26.2. The Bertz CT molecular complexity index is 3040. The lowest BCUT2D eigenvalue weighted by Gasteiger charge is -2.11. The van der Waals surface area contributed by atoms with Gasteiger partial charge < -0.3 is 0 Å². The average Bonchev–Trinajstić information content (AvgIpc) is 1.62. The summed E-state index contributed by atoms with van der Waals surface area (Å²) in [6.45, 7) is 39.0. The summed E-state index contributed by atoms with van der Waals surface area (Å²) in [5.74, 6) is 0. The van der Waals surface area contributed by atoms with E-state index in [0.29, 0.717) is 0 Å². The highest BCUT2D eigenvalue weighted by Gasteiger charge is 2.33. The van der Waals surface area contributed by atoms with Crippen LogP contribution in [0.25, 0.3) is 0 Å². The molecule has 16 bridgehead atoms. The molecule has 0 amide bonds. The van der Waals surface area contributed by atoms with E-state index in [4.69, 9.17) is 0 Å². The van der Waals surface area contributed by atoms with Gasteiger partial charge in [-0.15, -0.1) is 90.7 Å². The third-order valence-electron chi connectivity index (χ3n) is 22.3. The van der Waals surface area contributed by atoms with Crippen LogP contribution in [-0.4, -0.2) is 0 Å². The smallest absolute Gasteiger partial charge is 0.0701 e. The monoisotopic (exact) mass is 1810 g/mol. The molecule has 0 unspecified atom stereocenters. The molecule has 8 aromatic rings. The lowest BCUT2D eigenvalue weighted by atomic mass is 10.0. The molecule has 0 atom stereocenters. The minimum Gasteiger partial charge on any atom is -0.121 e. The van der Waals surface area contributed by atoms with Gasteiger partial charge in [-0.2, -0.15) is 0 Å². The molecular weight excluding hydrogens is 1670 g/mol. The van der Waals surface area contributed by atoms with Crippen LogP contribution in [-0.2, 0) is 103 Å². The Morgan fingerprint density at radius 3 is 0.223 bits per heavy atom. The van der Waals surface area contributed by atoms with Gasteiger partial charge in [0.2, 0.25) is 0 Å². The van der Waals surface area contributed by atoms with E-state index in [2.05, 4.69) is 296 Å². The van der Waals surface area contributed by atoms with E-state index in [0.717, 1.165) is 0 Å². The van der Waals surface area contributed by atoms with Crippen molar-refractivity contribution in [2.75, 3.05) is 0 Å². The molecule has 112 heavy (non-hydrogen) atoms. The van der Waals surface area contributed by atoms with Crippen LogP contribution in [0.1, 0.15) is 405 Å². The summed E-state index contributed by atoms with van der Waals surface area (Å²) >= 11 is 35.8. The minimum atomic E-state index is 1.19. The zero-order chi connectivity index (χ0) is 79.7. The summed E-state index contributed by atoms with van der Waals surface area (Å²) in [6, 6.07) is 0. The van der Waals surface area contributed by atoms with Gasteiger partial charge in [0.05, 0.1) is 67.3 Å². The number of hydrogen-bond donors (Lipinski definition) is 0. The fourth-order valence-electron chi connectivity index (χ4n) is 15.3. The standard InChI is InChI=1S/C96H144S16/c1-17-33-49-65-66(50-34-18-2)82-97-81(65)105-83-67(51-35-19-3)68(52-36-20-4)85(98-83)107-87-71(55-39-23-7)72(56-40-24-8)89(100-87)109-91-75(59-43-27-11)76(60-44-28-12)93(102-91)111-95-79(63-47-31-15)80(64-48-32-16)96(104-95)112-94-78(62-46-30-14)77(61-45-29-13)92(103-94)110-90-74(58-42-26-10)73(57-41-25-9)88(101-90)108-86-70(54-38-22-6)69(53-37-21-5)84(99-86)106-82/h17-64H2,1-16H3. The summed E-state index contributed by atoms with van der Waals surface area (Å²) in [7, 11) is 0. The van der Waals surface area contributed by atoms with Crippen molar-refractivity contribution in [2.45, 2.75) is 486 Å². The van der Waals surface area contributed by atoms with Crippen LogP contribution in [0.3, 0.4) is 0 Å². The Morgan fingerprint density at radius 2 is 0.170 bits per heavy atom. The minimum absolute atomic E-state index is 1.19. The molecule has 0 aliphatic carbocycles. The first-order chi connectivity index (χ1) is 54.9. The van der Waals surface area contributed by atoms with Crippen molar-refractivity contribution in [3.8, 4) is 0 Å². The second-order valence-electron chi connectivity index (χ2n) is 31.5. The summed E-state index contributed by atoms with van der Waals surface area (Å²) < 4.78 is 25.9. The van der Waals surface area contributed by atoms with Crippen LogP contribution in [0.2, 0.25) is 0 Å². The van der Waals surface area contributed by atoms with Gasteiger partial charge >= 0.3 is 0 Å². The number of hydrogen-bond acceptors (Lipinski definition) is 16. The normalized spacial score (nSPS) is 13.0. The molecule has 0 spiro atoms. The number of rotatable bonds is 48. The fraction of sp³-hybridized carbons (Fsp3) is 0.667. The maximum atomic E-state index is 2.44. The van der Waals surface area contributed by atoms with Gasteiger partial charge in [0.15, 0.2) is 0 Å². The van der Waals surface area contributed by atoms with Crippen molar-refractivity contribution in [2.24, 2.45) is 0 Å². The van der Waals surface area contributed by atoms with Gasteiger partial charge in [-0.05, 0) is 294 Å². The van der Waals surface area contributed by atoms with Gasteiger partial charge in [-0.3, -0.25) is 0 Å². The maximum absolute atomic E-state index is 2.44. The van der Waals surface area contributed by atoms with Crippen molar-refractivity contribution in [1.29, 1.82) is 0 Å². The SMILES string of the molecule is CCCCc1c2sc(c1CCCC)Sc1sc(c(CCCC)c1CCCC)Sc1sc(c(CCCC)c1CCCC)Sc1sc(c(CCCC)c1CCCC)Sc1sc(c(CCCC)c1CCCC)Sc1sc(c(CCCC)c1CCCC)Sc1sc(c(CCCC)c1CCCC)Sc1sc(c(CCCC)c1CCCC)S2. The van der Waals surface area contributed by atoms with E-state index in [1.165, 1.54) is 308 Å². The molecule has 624 valence electrons. The molecule has 9 rings (SSSR count). The fourth-order valence-corrected chi connectivity index (χ4v) is 42.4. The number of fused-ring (bicyclic) bond motifs is 16. The zero-order valence-corrected chi connectivity index (χ0v) is 85.5. The third-order valence-corrected chi connectivity index (χ3v) is 44.1. The van der Waals surface area contributed by atoms with Crippen LogP contribution in [0.5, 0.6) is 0 Å². The highest BCUT2D eigenvalue weighted by molar-refractivity contribution is 8.09. The topological polar surface area (TPSA) is 0 Å². The molecule has 8 aromatic heterocycles. The molecule has 0 nitrogen and oxygen atoms in total. The molecule has 9 heterocycles. The van der Waals surface area contributed by atoms with E-state index in [9.17, 15) is 0 Å². The Kier molecular flexibility index (Phi) is 45.3. The first kappa shape index (κ1) is 96.2. The first-order valence-corrected chi connectivity index (χ1v) is 58.6. The molecule has 0 aromatic carbocycles. The lowest BCUT2D eigenvalue weighted by Crippen LogP contribution is -1.96. The quantitative estimate of drug-likeness (QED) is 0.0365. The van der Waals surface area contributed by atoms with Crippen LogP contribution in [0, 0.1) is 0 Å². The van der Waals surface area contributed by atoms with Crippen molar-refractivity contribution in [1.82, 2.24) is 0 Å². The van der Waals surface area contributed by atoms with E-state index < -0.39 is 0 Å². The van der Waals surface area contributed by atoms with E-state index in [-0.39, 0.29) is 0 Å². The summed E-state index contributed by atoms with van der Waals surface area (Å²) in [6.07, 6.45) is 58.7. The predicted molar refractivity (Wildman–Crippen MR) is 525 cm³/mol. The molecule has 0 N–H and O–H groups in total. The Balaban J connectivity index is 1.37. The predicted octanol–water partition coefficient (Wildman–Crippen LogP) is 39.2. The van der Waals surface area contributed by atoms with Crippen molar-refractivity contribution in [3.05, 3.63) is 89.0 Å². The Hall–Kier alpha value is 0.400. The van der Waals surface area contributed by atoms with Gasteiger partial charge in [-0.1, -0.05) is 308 Å². The largest absolute Gasteiger partial charge is 0.121 e. The van der Waals surface area contributed by atoms with Crippen molar-refractivity contribution in [3.63, 3.8) is 0 Å². The van der Waals surface area contributed by atoms with Crippen LogP contribution in [0.4, 0.5) is 0 Å². The summed E-state index contributed by atoms with van der Waals surface area (Å²) in [5.41, 5.74) is 27.3. The average molecular weight is 1810 g/mol. The highest BCUT2D eigenvalue weighted by atomic mass is 32.2. The number of unbranched alkanes of at least 4 members (excludes halogenated alkanes) is 16. The highest BCUT2D eigenvalue weighted by Crippen LogP contribution is 2.61. The van der Waals surface area contributed by atoms with Gasteiger partial charge in [0.1, 0.15) is 0 Å². The Morgan fingerprint density at radius 1 is 0.107 bits per heavy atom. The van der Waals surface area contributed by atoms with Crippen molar-refractivity contribution >= 4 is 185 Å².